The van der Waals surface area contributed by atoms with Crippen molar-refractivity contribution in [3.63, 3.8) is 0 Å². The third-order valence-electron chi connectivity index (χ3n) is 6.88. The number of nitrogens with zero attached hydrogens (tertiary/aromatic N) is 3. The van der Waals surface area contributed by atoms with Gasteiger partial charge in [-0.15, -0.1) is 0 Å². The summed E-state index contributed by atoms with van der Waals surface area (Å²) in [5.41, 5.74) is 3.65. The number of aromatic nitrogens is 3. The highest BCUT2D eigenvalue weighted by Crippen LogP contribution is 2.38. The van der Waals surface area contributed by atoms with E-state index in [2.05, 4.69) is 24.5 Å². The van der Waals surface area contributed by atoms with Gasteiger partial charge in [0.2, 0.25) is 0 Å². The van der Waals surface area contributed by atoms with Gasteiger partial charge in [0.05, 0.1) is 11.6 Å². The van der Waals surface area contributed by atoms with Crippen LogP contribution in [0.1, 0.15) is 41.7 Å². The lowest BCUT2D eigenvalue weighted by molar-refractivity contribution is 0.0698. The Morgan fingerprint density at radius 2 is 1.95 bits per heavy atom. The van der Waals surface area contributed by atoms with Gasteiger partial charge in [-0.3, -0.25) is 9.51 Å². The zero-order valence-corrected chi connectivity index (χ0v) is 20.3. The molecule has 1 fully saturated rings. The maximum atomic E-state index is 14.2. The molecule has 0 amide bonds. The molecule has 0 unspecified atom stereocenters. The molecule has 0 aliphatic heterocycles. The third-order valence-corrected chi connectivity index (χ3v) is 6.88. The summed E-state index contributed by atoms with van der Waals surface area (Å²) in [5, 5.41) is 13.3. The smallest absolute Gasteiger partial charge is 0.439 e. The highest BCUT2D eigenvalue weighted by atomic mass is 19.1. The molecule has 0 radical (unpaired) electrons. The maximum absolute atomic E-state index is 14.2. The van der Waals surface area contributed by atoms with Crippen LogP contribution in [0, 0.1) is 11.7 Å². The van der Waals surface area contributed by atoms with E-state index in [0.29, 0.717) is 34.2 Å². The van der Waals surface area contributed by atoms with Gasteiger partial charge in [0.15, 0.2) is 11.4 Å². The predicted octanol–water partition coefficient (Wildman–Crippen LogP) is 5.65. The summed E-state index contributed by atoms with van der Waals surface area (Å²) >= 11 is 0. The number of benzene rings is 3. The van der Waals surface area contributed by atoms with Crippen LogP contribution in [0.25, 0.3) is 33.6 Å². The molecule has 38 heavy (non-hydrogen) atoms. The molecule has 2 heterocycles. The molecule has 0 bridgehead atoms. The molecule has 10 heteroatoms. The SMILES string of the molecule is C[C@H](c1ccc(-c2cc(F)ccc2-c2noc(=O)[nH]2)cc1)N(CC1CC1)c1nc2c(C(=O)O)cccc2o1. The molecule has 0 spiro atoms. The molecule has 192 valence electrons. The standard InChI is InChI=1S/C28H23FN4O5/c1-15(33(14-16-5-6-16)27-30-24-21(26(34)35)3-2-4-23(24)37-27)17-7-9-18(10-8-17)22-13-19(29)11-12-20(22)25-31-28(36)38-32-25/h2-4,7-13,15-16H,5-6,14H2,1H3,(H,34,35)(H,31,32,36)/t15-/m1/s1. The lowest BCUT2D eigenvalue weighted by Gasteiger charge is -2.28. The van der Waals surface area contributed by atoms with Gasteiger partial charge >= 0.3 is 11.7 Å². The molecule has 9 nitrogen and oxygen atoms in total. The Hall–Kier alpha value is -4.73. The third kappa shape index (κ3) is 4.45. The maximum Gasteiger partial charge on any atom is 0.439 e. The topological polar surface area (TPSA) is 125 Å². The molecule has 0 saturated heterocycles. The van der Waals surface area contributed by atoms with Crippen LogP contribution in [0.15, 0.2) is 74.4 Å². The fourth-order valence-corrected chi connectivity index (χ4v) is 4.64. The number of oxazole rings is 1. The molecule has 5 aromatic rings. The van der Waals surface area contributed by atoms with Crippen molar-refractivity contribution in [1.29, 1.82) is 0 Å². The normalized spacial score (nSPS) is 14.1. The van der Waals surface area contributed by atoms with E-state index in [1.807, 2.05) is 31.2 Å². The molecule has 1 atom stereocenters. The monoisotopic (exact) mass is 514 g/mol. The second-order valence-electron chi connectivity index (χ2n) is 9.48. The largest absolute Gasteiger partial charge is 0.478 e. The van der Waals surface area contributed by atoms with Crippen molar-refractivity contribution in [3.8, 4) is 22.5 Å². The van der Waals surface area contributed by atoms with Crippen molar-refractivity contribution < 1.29 is 23.2 Å². The summed E-state index contributed by atoms with van der Waals surface area (Å²) in [7, 11) is 0. The zero-order valence-electron chi connectivity index (χ0n) is 20.3. The summed E-state index contributed by atoms with van der Waals surface area (Å²) in [5.74, 6) is -1.43. The van der Waals surface area contributed by atoms with Crippen molar-refractivity contribution in [3.05, 3.63) is 88.2 Å². The van der Waals surface area contributed by atoms with Gasteiger partial charge in [0, 0.05) is 12.1 Å². The van der Waals surface area contributed by atoms with Gasteiger partial charge in [0.25, 0.3) is 6.01 Å². The van der Waals surface area contributed by atoms with Gasteiger partial charge in [-0.2, -0.15) is 4.98 Å². The summed E-state index contributed by atoms with van der Waals surface area (Å²) in [6, 6.07) is 17.0. The van der Waals surface area contributed by atoms with Gasteiger partial charge in [-0.25, -0.2) is 14.0 Å². The Morgan fingerprint density at radius 3 is 2.63 bits per heavy atom. The lowest BCUT2D eigenvalue weighted by Crippen LogP contribution is -2.29. The van der Waals surface area contributed by atoms with Crippen LogP contribution in [-0.2, 0) is 0 Å². The van der Waals surface area contributed by atoms with Gasteiger partial charge in [-0.05, 0) is 72.7 Å². The fourth-order valence-electron chi connectivity index (χ4n) is 4.64. The Balaban J connectivity index is 1.34. The van der Waals surface area contributed by atoms with Crippen LogP contribution in [0.4, 0.5) is 10.4 Å². The zero-order chi connectivity index (χ0) is 26.4. The van der Waals surface area contributed by atoms with Crippen molar-refractivity contribution in [1.82, 2.24) is 15.1 Å². The van der Waals surface area contributed by atoms with E-state index in [1.165, 1.54) is 18.2 Å². The molecule has 3 aromatic carbocycles. The Labute approximate surface area is 215 Å². The number of anilines is 1. The average molecular weight is 515 g/mol. The van der Waals surface area contributed by atoms with E-state index >= 15 is 0 Å². The van der Waals surface area contributed by atoms with E-state index in [1.54, 1.807) is 18.2 Å². The lowest BCUT2D eigenvalue weighted by atomic mass is 9.96. The number of rotatable bonds is 8. The van der Waals surface area contributed by atoms with Crippen molar-refractivity contribution >= 4 is 23.1 Å². The summed E-state index contributed by atoms with van der Waals surface area (Å²) < 4.78 is 24.8. The van der Waals surface area contributed by atoms with Crippen LogP contribution >= 0.6 is 0 Å². The second-order valence-corrected chi connectivity index (χ2v) is 9.48. The Morgan fingerprint density at radius 1 is 1.16 bits per heavy atom. The van der Waals surface area contributed by atoms with Gasteiger partial charge < -0.3 is 14.4 Å². The van der Waals surface area contributed by atoms with Crippen molar-refractivity contribution in [2.45, 2.75) is 25.8 Å². The molecule has 1 aliphatic rings. The molecular weight excluding hydrogens is 491 g/mol. The number of fused-ring (bicyclic) bond motifs is 1. The number of aromatic carboxylic acids is 1. The number of carboxylic acids is 1. The van der Waals surface area contributed by atoms with E-state index in [-0.39, 0.29) is 17.4 Å². The molecule has 1 saturated carbocycles. The van der Waals surface area contributed by atoms with Crippen molar-refractivity contribution in [2.24, 2.45) is 5.92 Å². The van der Waals surface area contributed by atoms with Gasteiger partial charge in [-0.1, -0.05) is 35.5 Å². The van der Waals surface area contributed by atoms with E-state index < -0.39 is 17.5 Å². The number of nitrogens with one attached hydrogen (secondary N) is 1. The quantitative estimate of drug-likeness (QED) is 0.272. The minimum absolute atomic E-state index is 0.0974. The number of H-pyrrole nitrogens is 1. The number of aromatic amines is 1. The molecular formula is C28H23FN4O5. The van der Waals surface area contributed by atoms with Crippen molar-refractivity contribution in [2.75, 3.05) is 11.4 Å². The van der Waals surface area contributed by atoms with E-state index in [0.717, 1.165) is 30.5 Å². The summed E-state index contributed by atoms with van der Waals surface area (Å²) in [6.45, 7) is 2.77. The average Bonchev–Trinajstić information content (AvgIpc) is 3.47. The summed E-state index contributed by atoms with van der Waals surface area (Å²) in [4.78, 5) is 32.3. The first-order valence-corrected chi connectivity index (χ1v) is 12.2. The number of para-hydroxylation sites is 1. The van der Waals surface area contributed by atoms with E-state index in [4.69, 9.17) is 4.42 Å². The molecule has 1 aliphatic carbocycles. The molecule has 2 N–H and O–H groups in total. The fraction of sp³-hybridized carbons (Fsp3) is 0.214. The number of halogens is 1. The number of carbonyl (C=O) groups is 1. The predicted molar refractivity (Wildman–Crippen MR) is 137 cm³/mol. The first-order valence-electron chi connectivity index (χ1n) is 12.2. The number of hydrogen-bond acceptors (Lipinski definition) is 7. The van der Waals surface area contributed by atoms with Crippen LogP contribution in [-0.4, -0.2) is 32.7 Å². The Bertz CT molecular complexity index is 1700. The molecule has 6 rings (SSSR count). The van der Waals surface area contributed by atoms with Gasteiger partial charge in [0.1, 0.15) is 11.3 Å². The molecule has 2 aromatic heterocycles. The summed E-state index contributed by atoms with van der Waals surface area (Å²) in [6.07, 6.45) is 2.24. The van der Waals surface area contributed by atoms with E-state index in [9.17, 15) is 19.1 Å². The second kappa shape index (κ2) is 9.29. The first-order chi connectivity index (χ1) is 18.4. The minimum atomic E-state index is -1.06. The van der Waals surface area contributed by atoms with Crippen LogP contribution in [0.5, 0.6) is 0 Å². The first kappa shape index (κ1) is 23.7. The van der Waals surface area contributed by atoms with Crippen LogP contribution in [0.3, 0.4) is 0 Å². The highest BCUT2D eigenvalue weighted by Gasteiger charge is 2.30. The van der Waals surface area contributed by atoms with Crippen LogP contribution < -0.4 is 10.7 Å². The Kier molecular flexibility index (Phi) is 5.79. The highest BCUT2D eigenvalue weighted by molar-refractivity contribution is 6.00. The van der Waals surface area contributed by atoms with Crippen LogP contribution in [0.2, 0.25) is 0 Å². The minimum Gasteiger partial charge on any atom is -0.478 e. The number of hydrogen-bond donors (Lipinski definition) is 2. The number of carboxylic acid groups (broad SMARTS) is 1.